The normalized spacial score (nSPS) is 20.5. The third-order valence-electron chi connectivity index (χ3n) is 6.87. The average molecular weight is 593 g/mol. The van der Waals surface area contributed by atoms with Gasteiger partial charge in [-0.2, -0.15) is 0 Å². The summed E-state index contributed by atoms with van der Waals surface area (Å²) in [7, 11) is -4.11. The minimum Gasteiger partial charge on any atom is -0.507 e. The fourth-order valence-corrected chi connectivity index (χ4v) is 7.24. The molecule has 1 N–H and O–H groups in total. The van der Waals surface area contributed by atoms with Crippen LogP contribution in [0.2, 0.25) is 0 Å². The zero-order valence-electron chi connectivity index (χ0n) is 21.9. The Labute approximate surface area is 239 Å². The fraction of sp³-hybridized carbons (Fsp3) is 0.214. The summed E-state index contributed by atoms with van der Waals surface area (Å²) in [4.78, 5) is 46.4. The highest BCUT2D eigenvalue weighted by Crippen LogP contribution is 2.44. The van der Waals surface area contributed by atoms with Crippen molar-refractivity contribution < 1.29 is 28.0 Å². The van der Waals surface area contributed by atoms with Gasteiger partial charge >= 0.3 is 5.91 Å². The van der Waals surface area contributed by atoms with Gasteiger partial charge in [0.15, 0.2) is 5.13 Å². The molecule has 0 bridgehead atoms. The summed E-state index contributed by atoms with van der Waals surface area (Å²) in [5, 5.41) is 22.1. The summed E-state index contributed by atoms with van der Waals surface area (Å²) in [6, 6.07) is 8.26. The van der Waals surface area contributed by atoms with Crippen LogP contribution in [0.15, 0.2) is 87.9 Å². The van der Waals surface area contributed by atoms with Crippen molar-refractivity contribution in [3.8, 4) is 0 Å². The number of rotatable bonds is 7. The molecule has 2 aromatic heterocycles. The highest BCUT2D eigenvalue weighted by atomic mass is 32.2. The molecule has 3 heterocycles. The number of anilines is 1. The SMILES string of the molecule is CC(C)c1ccc(C2C(=C(O)c3cccnc3)C(=O)C(=O)N2c2ncc(S(=O)(=O)C3=CCC([N+](=O)[O-])C=C3)s2)cc1. The van der Waals surface area contributed by atoms with E-state index in [0.717, 1.165) is 16.7 Å². The van der Waals surface area contributed by atoms with Crippen LogP contribution in [0.25, 0.3) is 5.76 Å². The van der Waals surface area contributed by atoms with Crippen molar-refractivity contribution in [3.63, 3.8) is 0 Å². The molecule has 1 fully saturated rings. The van der Waals surface area contributed by atoms with Gasteiger partial charge in [0.1, 0.15) is 9.97 Å². The van der Waals surface area contributed by atoms with Crippen molar-refractivity contribution in [2.24, 2.45) is 0 Å². The third kappa shape index (κ3) is 5.09. The number of aliphatic hydroxyl groups excluding tert-OH is 1. The Morgan fingerprint density at radius 2 is 1.90 bits per heavy atom. The molecule has 1 saturated heterocycles. The Hall–Kier alpha value is -4.49. The van der Waals surface area contributed by atoms with Crippen molar-refractivity contribution in [1.82, 2.24) is 9.97 Å². The van der Waals surface area contributed by atoms with Gasteiger partial charge in [-0.25, -0.2) is 13.4 Å². The second-order valence-corrected chi connectivity index (χ2v) is 12.9. The Kier molecular flexibility index (Phi) is 7.41. The van der Waals surface area contributed by atoms with Gasteiger partial charge in [0.2, 0.25) is 15.9 Å². The summed E-state index contributed by atoms with van der Waals surface area (Å²) in [5.41, 5.74) is 1.60. The van der Waals surface area contributed by atoms with Crippen LogP contribution in [0.5, 0.6) is 0 Å². The first-order valence-corrected chi connectivity index (χ1v) is 14.8. The molecule has 0 radical (unpaired) electrons. The lowest BCUT2D eigenvalue weighted by Gasteiger charge is -2.23. The highest BCUT2D eigenvalue weighted by molar-refractivity contribution is 7.97. The summed E-state index contributed by atoms with van der Waals surface area (Å²) < 4.78 is 26.4. The lowest BCUT2D eigenvalue weighted by atomic mass is 9.93. The van der Waals surface area contributed by atoms with E-state index in [2.05, 4.69) is 9.97 Å². The van der Waals surface area contributed by atoms with Crippen molar-refractivity contribution >= 4 is 43.8 Å². The first-order chi connectivity index (χ1) is 19.5. The monoisotopic (exact) mass is 592 g/mol. The van der Waals surface area contributed by atoms with Gasteiger partial charge < -0.3 is 5.11 Å². The number of ketones is 1. The number of thiazole rings is 1. The minimum absolute atomic E-state index is 0.0580. The van der Waals surface area contributed by atoms with Gasteiger partial charge in [0.25, 0.3) is 5.78 Å². The van der Waals surface area contributed by atoms with E-state index in [-0.39, 0.29) is 37.7 Å². The largest absolute Gasteiger partial charge is 0.507 e. The van der Waals surface area contributed by atoms with E-state index in [9.17, 15) is 33.2 Å². The maximum Gasteiger partial charge on any atom is 0.301 e. The van der Waals surface area contributed by atoms with Crippen LogP contribution in [0.1, 0.15) is 48.9 Å². The standard InChI is InChI=1S/C28H24N4O7S2/c1-16(2)17-5-7-18(8-6-17)24-23(25(33)19-4-3-13-29-14-19)26(34)27(35)31(24)28-30-15-22(40-28)41(38,39)21-11-9-20(10-12-21)32(36)37/h3-9,11-16,20,24,33H,10H2,1-2H3. The van der Waals surface area contributed by atoms with Gasteiger partial charge in [-0.05, 0) is 41.3 Å². The molecule has 3 aromatic rings. The molecule has 13 heteroatoms. The molecule has 1 aliphatic carbocycles. The molecule has 2 atom stereocenters. The molecule has 41 heavy (non-hydrogen) atoms. The molecule has 2 aliphatic rings. The summed E-state index contributed by atoms with van der Waals surface area (Å²) >= 11 is 0.688. The molecule has 5 rings (SSSR count). The van der Waals surface area contributed by atoms with E-state index in [0.29, 0.717) is 16.9 Å². The first-order valence-electron chi connectivity index (χ1n) is 12.5. The fourth-order valence-electron chi connectivity index (χ4n) is 4.61. The van der Waals surface area contributed by atoms with Gasteiger partial charge in [0.05, 0.1) is 22.7 Å². The Morgan fingerprint density at radius 1 is 1.17 bits per heavy atom. The number of sulfone groups is 1. The number of nitro groups is 1. The smallest absolute Gasteiger partial charge is 0.301 e. The average Bonchev–Trinajstić information content (AvgIpc) is 3.56. The van der Waals surface area contributed by atoms with E-state index in [4.69, 9.17) is 0 Å². The lowest BCUT2D eigenvalue weighted by Crippen LogP contribution is -2.29. The van der Waals surface area contributed by atoms with Crippen LogP contribution >= 0.6 is 11.3 Å². The van der Waals surface area contributed by atoms with Crippen LogP contribution in [-0.2, 0) is 19.4 Å². The zero-order valence-corrected chi connectivity index (χ0v) is 23.5. The second-order valence-electron chi connectivity index (χ2n) is 9.75. The first kappa shape index (κ1) is 28.1. The van der Waals surface area contributed by atoms with Crippen molar-refractivity contribution in [3.05, 3.63) is 110 Å². The van der Waals surface area contributed by atoms with E-state index in [1.165, 1.54) is 30.6 Å². The van der Waals surface area contributed by atoms with Gasteiger partial charge in [-0.1, -0.05) is 55.5 Å². The predicted molar refractivity (Wildman–Crippen MR) is 151 cm³/mol. The van der Waals surface area contributed by atoms with E-state index in [1.807, 2.05) is 26.0 Å². The molecule has 210 valence electrons. The van der Waals surface area contributed by atoms with Crippen LogP contribution in [-0.4, -0.2) is 46.1 Å². The predicted octanol–water partition coefficient (Wildman–Crippen LogP) is 4.55. The van der Waals surface area contributed by atoms with Crippen LogP contribution < -0.4 is 4.90 Å². The van der Waals surface area contributed by atoms with Crippen LogP contribution in [0.4, 0.5) is 5.13 Å². The third-order valence-corrected chi connectivity index (χ3v) is 10.1. The molecule has 1 amide bonds. The van der Waals surface area contributed by atoms with E-state index >= 15 is 0 Å². The number of allylic oxidation sites excluding steroid dienone is 1. The summed E-state index contributed by atoms with van der Waals surface area (Å²) in [6.45, 7) is 4.05. The van der Waals surface area contributed by atoms with Crippen LogP contribution in [0.3, 0.4) is 0 Å². The molecular weight excluding hydrogens is 568 g/mol. The number of pyridine rings is 1. The maximum atomic E-state index is 13.4. The van der Waals surface area contributed by atoms with Gasteiger partial charge in [-0.3, -0.25) is 29.6 Å². The number of carbonyl (C=O) groups excluding carboxylic acids is 2. The molecule has 2 unspecified atom stereocenters. The molecule has 11 nitrogen and oxygen atoms in total. The number of nitrogens with zero attached hydrogens (tertiary/aromatic N) is 4. The van der Waals surface area contributed by atoms with E-state index in [1.54, 1.807) is 24.3 Å². The highest BCUT2D eigenvalue weighted by Gasteiger charge is 2.48. The molecule has 0 saturated carbocycles. The maximum absolute atomic E-state index is 13.4. The van der Waals surface area contributed by atoms with Crippen molar-refractivity contribution in [2.75, 3.05) is 4.90 Å². The van der Waals surface area contributed by atoms with E-state index < -0.39 is 44.3 Å². The number of Topliss-reactive ketones (excluding diaryl/α,β-unsaturated/α-hetero) is 1. The van der Waals surface area contributed by atoms with Crippen LogP contribution in [0, 0.1) is 10.1 Å². The number of carbonyl (C=O) groups is 2. The van der Waals surface area contributed by atoms with Crippen molar-refractivity contribution in [1.29, 1.82) is 0 Å². The topological polar surface area (TPSA) is 161 Å². The lowest BCUT2D eigenvalue weighted by molar-refractivity contribution is -0.508. The Bertz CT molecular complexity index is 1740. The number of aromatic nitrogens is 2. The molecular formula is C28H24N4O7S2. The molecule has 1 aliphatic heterocycles. The number of aliphatic hydroxyl groups is 1. The summed E-state index contributed by atoms with van der Waals surface area (Å²) in [5.74, 6) is -2.12. The quantitative estimate of drug-likeness (QED) is 0.136. The minimum atomic E-state index is -4.11. The number of hydrogen-bond donors (Lipinski definition) is 1. The van der Waals surface area contributed by atoms with Gasteiger partial charge in [0, 0.05) is 29.3 Å². The van der Waals surface area contributed by atoms with Crippen molar-refractivity contribution in [2.45, 2.75) is 42.5 Å². The number of benzene rings is 1. The zero-order chi connectivity index (χ0) is 29.5. The Balaban J connectivity index is 1.59. The number of hydrogen-bond acceptors (Lipinski definition) is 10. The number of amides is 1. The molecule has 1 aromatic carbocycles. The molecule has 0 spiro atoms. The Morgan fingerprint density at radius 3 is 2.49 bits per heavy atom. The second kappa shape index (κ2) is 10.8. The summed E-state index contributed by atoms with van der Waals surface area (Å²) in [6.07, 6.45) is 7.55. The van der Waals surface area contributed by atoms with Gasteiger partial charge in [-0.15, -0.1) is 0 Å².